The molecule has 0 aliphatic carbocycles. The van der Waals surface area contributed by atoms with Crippen molar-refractivity contribution < 1.29 is 17.5 Å². The van der Waals surface area contributed by atoms with Crippen LogP contribution in [0.2, 0.25) is 0 Å². The molecule has 0 bridgehead atoms. The molecule has 9 heavy (non-hydrogen) atoms. The van der Waals surface area contributed by atoms with Gasteiger partial charge in [-0.3, -0.25) is 0 Å². The van der Waals surface area contributed by atoms with E-state index in [-0.39, 0.29) is 17.5 Å². The summed E-state index contributed by atoms with van der Waals surface area (Å²) in [6.07, 6.45) is 4.98. The van der Waals surface area contributed by atoms with Crippen LogP contribution >= 0.6 is 18.6 Å². The fourth-order valence-electron chi connectivity index (χ4n) is 0.620. The minimum atomic E-state index is 0.143. The third-order valence-electron chi connectivity index (χ3n) is 1.05. The second-order valence-corrected chi connectivity index (χ2v) is 5.42. The molecule has 0 atom stereocenters. The summed E-state index contributed by atoms with van der Waals surface area (Å²) in [7, 11) is 0. The molecule has 0 amide bonds. The van der Waals surface area contributed by atoms with Crippen molar-refractivity contribution in [2.24, 2.45) is 0 Å². The van der Waals surface area contributed by atoms with E-state index >= 15 is 0 Å². The van der Waals surface area contributed by atoms with Crippen LogP contribution in [0.3, 0.4) is 0 Å². The molecule has 1 heterocycles. The van der Waals surface area contributed by atoms with Crippen molar-refractivity contribution in [3.63, 3.8) is 0 Å². The average molecular weight is 349 g/mol. The van der Waals surface area contributed by atoms with Crippen molar-refractivity contribution in [1.82, 2.24) is 7.76 Å². The van der Waals surface area contributed by atoms with Gasteiger partial charge in [0, 0.05) is 0 Å². The van der Waals surface area contributed by atoms with Crippen LogP contribution in [-0.2, 0) is 6.42 Å². The fourth-order valence-corrected chi connectivity index (χ4v) is 3.79. The second-order valence-electron chi connectivity index (χ2n) is 1.57. The summed E-state index contributed by atoms with van der Waals surface area (Å²) < 4.78 is 2.25. The second kappa shape index (κ2) is 3.75. The summed E-state index contributed by atoms with van der Waals surface area (Å²) in [6.45, 7) is 2.13. The van der Waals surface area contributed by atoms with Crippen LogP contribution in [0.25, 0.3) is 0 Å². The van der Waals surface area contributed by atoms with E-state index in [0.29, 0.717) is 0 Å². The monoisotopic (exact) mass is 349 g/mol. The molecule has 0 unspecified atom stereocenters. The molecular weight excluding hydrogens is 342 g/mol. The number of rotatable bonds is 2. The minimum absolute atomic E-state index is 0.143. The van der Waals surface area contributed by atoms with Crippen LogP contribution in [0.5, 0.6) is 0 Å². The van der Waals surface area contributed by atoms with Gasteiger partial charge in [-0.15, -0.1) is 0 Å². The van der Waals surface area contributed by atoms with E-state index in [1.54, 1.807) is 0 Å². The molecule has 0 fully saturated rings. The van der Waals surface area contributed by atoms with Gasteiger partial charge < -0.3 is 0 Å². The van der Waals surface area contributed by atoms with Gasteiger partial charge in [0.2, 0.25) is 0 Å². The first-order valence-corrected chi connectivity index (χ1v) is 9.92. The molecule has 1 rings (SSSR count). The molecule has 0 aliphatic rings. The predicted octanol–water partition coefficient (Wildman–Crippen LogP) is -1.35. The molecule has 0 aromatic carbocycles. The van der Waals surface area contributed by atoms with E-state index in [1.807, 2.05) is 6.20 Å². The van der Waals surface area contributed by atoms with Crippen LogP contribution in [0.4, 0.5) is 0 Å². The molecule has 0 radical (unpaired) electrons. The van der Waals surface area contributed by atoms with Gasteiger partial charge in [-0.1, -0.05) is 0 Å². The maximum atomic E-state index is 4.19. The van der Waals surface area contributed by atoms with Crippen molar-refractivity contribution in [2.75, 3.05) is 0 Å². The number of hydrogen-bond acceptors (Lipinski definition) is 1. The first-order valence-electron chi connectivity index (χ1n) is 2.67. The molecule has 0 spiro atoms. The number of imidazole rings is 1. The van der Waals surface area contributed by atoms with E-state index in [9.17, 15) is 0 Å². The summed E-state index contributed by atoms with van der Waals surface area (Å²) in [5.74, 6) is 1.22. The third-order valence-corrected chi connectivity index (χ3v) is 4.96. The molecule has 4 heteroatoms. The van der Waals surface area contributed by atoms with Gasteiger partial charge in [-0.05, 0) is 0 Å². The Hall–Kier alpha value is 0.670. The van der Waals surface area contributed by atoms with E-state index in [1.165, 1.54) is 5.82 Å². The first kappa shape index (κ1) is 7.77. The van der Waals surface area contributed by atoms with E-state index in [0.717, 1.165) is 6.42 Å². The van der Waals surface area contributed by atoms with Crippen LogP contribution in [-0.4, -0.2) is 7.76 Å². The Bertz CT molecular complexity index is 166. The third kappa shape index (κ3) is 1.79. The molecule has 2 nitrogen and oxygen atoms in total. The number of halogens is 2. The number of nitrogens with zero attached hydrogens (tertiary/aromatic N) is 2. The average Bonchev–Trinajstić information content (AvgIpc) is 2.33. The van der Waals surface area contributed by atoms with Gasteiger partial charge in [0.1, 0.15) is 0 Å². The Balaban J connectivity index is 2.85. The van der Waals surface area contributed by atoms with E-state index in [4.69, 9.17) is 0 Å². The van der Waals surface area contributed by atoms with Gasteiger partial charge in [0.25, 0.3) is 0 Å². The summed E-state index contributed by atoms with van der Waals surface area (Å²) in [6, 6.07) is 0. The number of hydrogen-bond donors (Lipinski definition) is 0. The Labute approximate surface area is 74.8 Å². The van der Waals surface area contributed by atoms with E-state index < -0.39 is 0 Å². The summed E-state index contributed by atoms with van der Waals surface area (Å²) >= 11 is 2.57. The zero-order chi connectivity index (χ0) is 6.69. The topological polar surface area (TPSA) is 17.8 Å². The molecule has 0 saturated heterocycles. The molecule has 0 saturated carbocycles. The molecule has 52 valence electrons. The molecule has 0 N–H and O–H groups in total. The normalized spacial score (nSPS) is 10.4. The summed E-state index contributed by atoms with van der Waals surface area (Å²) in [4.78, 5) is 4.19. The number of aromatic nitrogens is 2. The van der Waals surface area contributed by atoms with Gasteiger partial charge in [-0.25, -0.2) is 0 Å². The van der Waals surface area contributed by atoms with Crippen molar-refractivity contribution in [1.29, 1.82) is 0 Å². The van der Waals surface area contributed by atoms with Crippen LogP contribution < -0.4 is 17.5 Å². The SMILES string of the molecule is CCc1nccn1[I-]I. The van der Waals surface area contributed by atoms with Crippen molar-refractivity contribution in [3.8, 4) is 0 Å². The Morgan fingerprint density at radius 1 is 1.89 bits per heavy atom. The van der Waals surface area contributed by atoms with Crippen LogP contribution in [0.15, 0.2) is 12.4 Å². The zero-order valence-corrected chi connectivity index (χ0v) is 9.33. The Morgan fingerprint density at radius 2 is 2.67 bits per heavy atom. The standard InChI is InChI=1S/C5H7I2N2/c1-2-5-8-3-4-9(5)7-6/h3-4H,2H2,1H3/q-1. The molecule has 1 aromatic rings. The van der Waals surface area contributed by atoms with Crippen molar-refractivity contribution in [2.45, 2.75) is 13.3 Å². The van der Waals surface area contributed by atoms with Crippen LogP contribution in [0, 0.1) is 0 Å². The van der Waals surface area contributed by atoms with Crippen molar-refractivity contribution >= 4 is 18.6 Å². The molecular formula is C5H7I2N2-. The summed E-state index contributed by atoms with van der Waals surface area (Å²) in [5.41, 5.74) is 0. The Morgan fingerprint density at radius 3 is 3.11 bits per heavy atom. The quantitative estimate of drug-likeness (QED) is 0.604. The maximum absolute atomic E-state index is 4.19. The van der Waals surface area contributed by atoms with Gasteiger partial charge in [0.15, 0.2) is 0 Å². The van der Waals surface area contributed by atoms with Gasteiger partial charge >= 0.3 is 75.4 Å². The molecule has 0 aliphatic heterocycles. The van der Waals surface area contributed by atoms with E-state index in [2.05, 4.69) is 39.5 Å². The number of aryl methyl sites for hydroxylation is 1. The summed E-state index contributed by atoms with van der Waals surface area (Å²) in [5, 5.41) is 0. The Kier molecular flexibility index (Phi) is 3.23. The predicted molar refractivity (Wildman–Crippen MR) is 41.0 cm³/mol. The van der Waals surface area contributed by atoms with Crippen molar-refractivity contribution in [3.05, 3.63) is 18.2 Å². The van der Waals surface area contributed by atoms with Crippen LogP contribution in [0.1, 0.15) is 12.7 Å². The fraction of sp³-hybridized carbons (Fsp3) is 0.400. The first-order chi connectivity index (χ1) is 4.38. The van der Waals surface area contributed by atoms with Gasteiger partial charge in [0.05, 0.1) is 0 Å². The zero-order valence-electron chi connectivity index (χ0n) is 5.01. The molecule has 1 aromatic heterocycles. The van der Waals surface area contributed by atoms with Gasteiger partial charge in [-0.2, -0.15) is 0 Å².